The lowest BCUT2D eigenvalue weighted by molar-refractivity contribution is -0.137. The summed E-state index contributed by atoms with van der Waals surface area (Å²) in [5.74, 6) is -1.01. The van der Waals surface area contributed by atoms with Crippen LogP contribution < -0.4 is 0 Å². The monoisotopic (exact) mass is 328 g/mol. The molecule has 2 N–H and O–H groups in total. The first-order chi connectivity index (χ1) is 14.4. The van der Waals surface area contributed by atoms with Gasteiger partial charge in [-0.3, -0.25) is 4.79 Å². The smallest absolute Gasteiger partial charge is 0.303 e. The molecule has 0 rings (SSSR count). The molecule has 0 bridgehead atoms. The van der Waals surface area contributed by atoms with Crippen LogP contribution in [-0.4, -0.2) is 22.3 Å². The van der Waals surface area contributed by atoms with E-state index >= 15 is 0 Å². The third kappa shape index (κ3) is 18.3. The van der Waals surface area contributed by atoms with Crippen LogP contribution in [0.4, 0.5) is 0 Å². The van der Waals surface area contributed by atoms with Crippen molar-refractivity contribution < 1.29 is 26.0 Å². The van der Waals surface area contributed by atoms with Gasteiger partial charge in [-0.15, -0.1) is 0 Å². The van der Waals surface area contributed by atoms with Gasteiger partial charge in [-0.25, -0.2) is 0 Å². The molecule has 130 valence electrons. The fraction of sp³-hybridized carbons (Fsp3) is 0.550. The van der Waals surface area contributed by atoms with E-state index in [-0.39, 0.29) is 49.9 Å². The molecule has 0 spiro atoms. The van der Waals surface area contributed by atoms with E-state index in [2.05, 4.69) is 0 Å². The molecule has 0 aromatic rings. The molecule has 0 aliphatic rings. The molecule has 0 fully saturated rings. The van der Waals surface area contributed by atoms with Gasteiger partial charge in [0.1, 0.15) is 0 Å². The third-order valence-corrected chi connectivity index (χ3v) is 2.71. The number of carboxylic acids is 1. The van der Waals surface area contributed by atoms with Crippen molar-refractivity contribution in [1.82, 2.24) is 0 Å². The molecule has 0 saturated heterocycles. The standard InChI is InChI=1S/C20H32O3/c1-2-3-4-5-10-13-16-19(21)17-14-11-8-6-7-9-12-15-18-20(22)23/h7-11,13-14,17,19,21H,2-6,12,15-16,18H2,1H3,(H,22,23)/i7D,8D,9D,10D,11D,13D,14D,17D. The summed E-state index contributed by atoms with van der Waals surface area (Å²) in [6, 6.07) is -3.02. The highest BCUT2D eigenvalue weighted by molar-refractivity contribution is 5.66. The zero-order chi connectivity index (χ0) is 24.1. The molecule has 23 heavy (non-hydrogen) atoms. The van der Waals surface area contributed by atoms with E-state index in [4.69, 9.17) is 16.1 Å². The summed E-state index contributed by atoms with van der Waals surface area (Å²) in [5.41, 5.74) is 0. The van der Waals surface area contributed by atoms with Crippen molar-refractivity contribution in [2.75, 3.05) is 0 Å². The van der Waals surface area contributed by atoms with Crippen LogP contribution in [0.1, 0.15) is 75.7 Å². The molecule has 0 saturated carbocycles. The normalized spacial score (nSPS) is 22.2. The van der Waals surface area contributed by atoms with E-state index in [1.54, 1.807) is 0 Å². The van der Waals surface area contributed by atoms with Crippen LogP contribution in [0, 0.1) is 0 Å². The van der Waals surface area contributed by atoms with Gasteiger partial charge < -0.3 is 10.2 Å². The van der Waals surface area contributed by atoms with E-state index in [1.165, 1.54) is 0 Å². The maximum atomic E-state index is 10.5. The highest BCUT2D eigenvalue weighted by Crippen LogP contribution is 2.02. The Kier molecular flexibility index (Phi) is 8.04. The van der Waals surface area contributed by atoms with Gasteiger partial charge in [-0.05, 0) is 38.5 Å². The van der Waals surface area contributed by atoms with Gasteiger partial charge in [0.25, 0.3) is 0 Å². The lowest BCUT2D eigenvalue weighted by atomic mass is 10.1. The molecule has 0 aromatic heterocycles. The number of unbranched alkanes of at least 4 members (excludes halogenated alkanes) is 2. The van der Waals surface area contributed by atoms with E-state index in [0.29, 0.717) is 6.42 Å². The first kappa shape index (κ1) is 11.0. The Morgan fingerprint density at radius 2 is 1.78 bits per heavy atom. The number of hydrogen-bond acceptors (Lipinski definition) is 2. The van der Waals surface area contributed by atoms with Crippen molar-refractivity contribution in [2.24, 2.45) is 0 Å². The number of aliphatic carboxylic acids is 1. The van der Waals surface area contributed by atoms with Gasteiger partial charge >= 0.3 is 5.97 Å². The van der Waals surface area contributed by atoms with Crippen LogP contribution in [-0.2, 0) is 4.79 Å². The minimum Gasteiger partial charge on any atom is -0.481 e. The average Bonchev–Trinajstić information content (AvgIpc) is 2.71. The number of aliphatic hydroxyl groups excluding tert-OH is 1. The van der Waals surface area contributed by atoms with Crippen molar-refractivity contribution in [3.05, 3.63) is 48.4 Å². The van der Waals surface area contributed by atoms with Crippen LogP contribution in [0.25, 0.3) is 0 Å². The number of carboxylic acid groups (broad SMARTS) is 1. The second kappa shape index (κ2) is 16.8. The van der Waals surface area contributed by atoms with Crippen molar-refractivity contribution >= 4 is 5.97 Å². The molecule has 0 aliphatic carbocycles. The molecule has 0 aromatic carbocycles. The van der Waals surface area contributed by atoms with Crippen LogP contribution >= 0.6 is 0 Å². The molecule has 3 heteroatoms. The largest absolute Gasteiger partial charge is 0.481 e. The predicted molar refractivity (Wildman–Crippen MR) is 97.4 cm³/mol. The first-order valence-electron chi connectivity index (χ1n) is 12.0. The number of allylic oxidation sites excluding steroid dienone is 6. The van der Waals surface area contributed by atoms with E-state index in [1.807, 2.05) is 6.92 Å². The highest BCUT2D eigenvalue weighted by Gasteiger charge is 1.93. The summed E-state index contributed by atoms with van der Waals surface area (Å²) >= 11 is 0. The molecule has 1 atom stereocenters. The molecular weight excluding hydrogens is 288 g/mol. The molecule has 0 aliphatic heterocycles. The number of rotatable bonds is 14. The Bertz CT molecular complexity index is 741. The Balaban J connectivity index is 5.26. The molecule has 1 unspecified atom stereocenters. The summed E-state index contributed by atoms with van der Waals surface area (Å²) < 4.78 is 62.8. The maximum absolute atomic E-state index is 10.5. The lowest BCUT2D eigenvalue weighted by Crippen LogP contribution is -1.98. The van der Waals surface area contributed by atoms with Gasteiger partial charge in [0.05, 0.1) is 17.1 Å². The minimum atomic E-state index is -1.56. The van der Waals surface area contributed by atoms with Crippen molar-refractivity contribution in [3.63, 3.8) is 0 Å². The SMILES string of the molecule is [2H]C(CCCC(=O)O)=C([2H])CC([2H])=C([2H])C([2H])=C([2H])C(O)CC([2H])=C([2H])CCCCC. The van der Waals surface area contributed by atoms with Gasteiger partial charge in [-0.2, -0.15) is 0 Å². The Labute approximate surface area is 152 Å². The van der Waals surface area contributed by atoms with Gasteiger partial charge in [0.15, 0.2) is 0 Å². The molecule has 0 amide bonds. The summed E-state index contributed by atoms with van der Waals surface area (Å²) in [5, 5.41) is 18.7. The van der Waals surface area contributed by atoms with Crippen molar-refractivity contribution in [3.8, 4) is 0 Å². The fourth-order valence-electron chi connectivity index (χ4n) is 1.50. The minimum absolute atomic E-state index is 0.0457. The summed E-state index contributed by atoms with van der Waals surface area (Å²) in [4.78, 5) is 10.5. The fourth-order valence-corrected chi connectivity index (χ4v) is 1.50. The number of hydrogen-bond donors (Lipinski definition) is 2. The number of aliphatic hydroxyl groups is 1. The second-order valence-electron chi connectivity index (χ2n) is 4.88. The van der Waals surface area contributed by atoms with E-state index < -0.39 is 42.7 Å². The molecule has 0 heterocycles. The van der Waals surface area contributed by atoms with Gasteiger partial charge in [-0.1, -0.05) is 68.2 Å². The summed E-state index contributed by atoms with van der Waals surface area (Å²) in [6.45, 7) is 2.02. The Morgan fingerprint density at radius 3 is 2.52 bits per heavy atom. The zero-order valence-electron chi connectivity index (χ0n) is 21.7. The van der Waals surface area contributed by atoms with Crippen LogP contribution in [0.15, 0.2) is 48.4 Å². The zero-order valence-corrected chi connectivity index (χ0v) is 13.7. The van der Waals surface area contributed by atoms with Crippen LogP contribution in [0.5, 0.6) is 0 Å². The average molecular weight is 329 g/mol. The van der Waals surface area contributed by atoms with Gasteiger partial charge in [0, 0.05) is 6.42 Å². The second-order valence-corrected chi connectivity index (χ2v) is 4.88. The highest BCUT2D eigenvalue weighted by atomic mass is 16.4. The number of carbonyl (C=O) groups is 1. The first-order valence-corrected chi connectivity index (χ1v) is 7.96. The third-order valence-electron chi connectivity index (χ3n) is 2.71. The maximum Gasteiger partial charge on any atom is 0.303 e. The van der Waals surface area contributed by atoms with Crippen LogP contribution in [0.3, 0.4) is 0 Å². The van der Waals surface area contributed by atoms with Gasteiger partial charge in [0.2, 0.25) is 0 Å². The molecule has 3 nitrogen and oxygen atoms in total. The van der Waals surface area contributed by atoms with Crippen molar-refractivity contribution in [1.29, 1.82) is 0 Å². The summed E-state index contributed by atoms with van der Waals surface area (Å²) in [6.07, 6.45) is 0.790. The van der Waals surface area contributed by atoms with Crippen LogP contribution in [0.2, 0.25) is 0 Å². The topological polar surface area (TPSA) is 57.5 Å². The Morgan fingerprint density at radius 1 is 1.04 bits per heavy atom. The van der Waals surface area contributed by atoms with E-state index in [9.17, 15) is 9.90 Å². The quantitative estimate of drug-likeness (QED) is 0.262. The summed E-state index contributed by atoms with van der Waals surface area (Å²) in [7, 11) is 0. The molecular formula is C20H32O3. The lowest BCUT2D eigenvalue weighted by Gasteiger charge is -1.99. The predicted octanol–water partition coefficient (Wildman–Crippen LogP) is 5.19. The Hall–Kier alpha value is -1.61. The molecule has 0 radical (unpaired) electrons. The van der Waals surface area contributed by atoms with Crippen molar-refractivity contribution in [2.45, 2.75) is 70.8 Å². The van der Waals surface area contributed by atoms with E-state index in [0.717, 1.165) is 19.3 Å².